The molecule has 0 radical (unpaired) electrons. The fourth-order valence-electron chi connectivity index (χ4n) is 2.83. The van der Waals surface area contributed by atoms with Crippen molar-refractivity contribution in [1.29, 1.82) is 0 Å². The minimum absolute atomic E-state index is 0.178. The molecule has 0 spiro atoms. The molecule has 0 aromatic carbocycles. The molecule has 1 saturated carbocycles. The van der Waals surface area contributed by atoms with Gasteiger partial charge in [0.1, 0.15) is 5.60 Å². The third kappa shape index (κ3) is 2.32. The van der Waals surface area contributed by atoms with Crippen molar-refractivity contribution in [3.63, 3.8) is 0 Å². The van der Waals surface area contributed by atoms with Gasteiger partial charge in [-0.3, -0.25) is 9.69 Å². The Morgan fingerprint density at radius 2 is 1.94 bits per heavy atom. The summed E-state index contributed by atoms with van der Waals surface area (Å²) >= 11 is 0. The van der Waals surface area contributed by atoms with E-state index in [2.05, 4.69) is 10.2 Å². The molecule has 5 nitrogen and oxygen atoms in total. The van der Waals surface area contributed by atoms with Gasteiger partial charge in [-0.05, 0) is 18.8 Å². The number of hydrogen-bond acceptors (Lipinski definition) is 4. The van der Waals surface area contributed by atoms with E-state index in [4.69, 9.17) is 0 Å². The second-order valence-electron chi connectivity index (χ2n) is 5.65. The van der Waals surface area contributed by atoms with Gasteiger partial charge in [0, 0.05) is 26.2 Å². The van der Waals surface area contributed by atoms with E-state index in [9.17, 15) is 9.90 Å². The molecule has 3 aliphatic rings. The molecule has 0 atom stereocenters. The van der Waals surface area contributed by atoms with Crippen LogP contribution in [0.2, 0.25) is 0 Å². The predicted octanol–water partition coefficient (Wildman–Crippen LogP) is -1.13. The van der Waals surface area contributed by atoms with Crippen LogP contribution in [0.5, 0.6) is 0 Å². The molecule has 3 rings (SSSR count). The average molecular weight is 239 g/mol. The number of carbonyl (C=O) groups is 1. The van der Waals surface area contributed by atoms with Gasteiger partial charge in [-0.1, -0.05) is 0 Å². The molecule has 5 heteroatoms. The Kier molecular flexibility index (Phi) is 2.84. The second-order valence-corrected chi connectivity index (χ2v) is 5.65. The third-order valence-corrected chi connectivity index (χ3v) is 4.19. The Balaban J connectivity index is 1.44. The van der Waals surface area contributed by atoms with Crippen molar-refractivity contribution < 1.29 is 9.90 Å². The quantitative estimate of drug-likeness (QED) is 0.655. The van der Waals surface area contributed by atoms with Crippen LogP contribution < -0.4 is 5.32 Å². The molecule has 2 aliphatic heterocycles. The highest BCUT2D eigenvalue weighted by Crippen LogP contribution is 2.44. The van der Waals surface area contributed by atoms with Crippen molar-refractivity contribution in [2.24, 2.45) is 5.92 Å². The highest BCUT2D eigenvalue weighted by Gasteiger charge is 2.53. The first-order chi connectivity index (χ1) is 8.17. The summed E-state index contributed by atoms with van der Waals surface area (Å²) in [5.74, 6) is 0.642. The fraction of sp³-hybridized carbons (Fsp3) is 0.917. The van der Waals surface area contributed by atoms with Crippen LogP contribution in [0.1, 0.15) is 12.8 Å². The van der Waals surface area contributed by atoms with Crippen LogP contribution in [-0.4, -0.2) is 72.2 Å². The van der Waals surface area contributed by atoms with E-state index in [1.807, 2.05) is 0 Å². The minimum Gasteiger partial charge on any atom is -0.386 e. The van der Waals surface area contributed by atoms with E-state index < -0.39 is 5.60 Å². The first-order valence-corrected chi connectivity index (χ1v) is 6.61. The van der Waals surface area contributed by atoms with Gasteiger partial charge >= 0.3 is 0 Å². The van der Waals surface area contributed by atoms with Gasteiger partial charge in [-0.25, -0.2) is 0 Å². The van der Waals surface area contributed by atoms with Crippen molar-refractivity contribution >= 4 is 5.91 Å². The summed E-state index contributed by atoms with van der Waals surface area (Å²) in [7, 11) is 0. The van der Waals surface area contributed by atoms with E-state index in [-0.39, 0.29) is 5.91 Å². The first-order valence-electron chi connectivity index (χ1n) is 6.61. The smallest absolute Gasteiger partial charge is 0.236 e. The predicted molar refractivity (Wildman–Crippen MR) is 63.6 cm³/mol. The Morgan fingerprint density at radius 3 is 2.53 bits per heavy atom. The van der Waals surface area contributed by atoms with Crippen molar-refractivity contribution in [3.8, 4) is 0 Å². The number of aliphatic hydroxyl groups is 1. The van der Waals surface area contributed by atoms with E-state index in [0.29, 0.717) is 25.6 Å². The molecule has 2 saturated heterocycles. The second kappa shape index (κ2) is 4.23. The van der Waals surface area contributed by atoms with E-state index in [1.54, 1.807) is 4.90 Å². The van der Waals surface area contributed by atoms with E-state index in [0.717, 1.165) is 39.0 Å². The molecule has 96 valence electrons. The number of amides is 1. The van der Waals surface area contributed by atoms with Crippen LogP contribution in [0.4, 0.5) is 0 Å². The fourth-order valence-corrected chi connectivity index (χ4v) is 2.83. The lowest BCUT2D eigenvalue weighted by molar-refractivity contribution is -0.160. The molecule has 2 N–H and O–H groups in total. The standard InChI is InChI=1S/C12H21N3O2/c16-11(7-14-5-3-13-4-6-14)15-8-12(17,9-15)10-1-2-10/h10,13,17H,1-9H2. The first kappa shape index (κ1) is 11.4. The van der Waals surface area contributed by atoms with Gasteiger partial charge in [0.2, 0.25) is 5.91 Å². The monoisotopic (exact) mass is 239 g/mol. The maximum Gasteiger partial charge on any atom is 0.236 e. The molecular weight excluding hydrogens is 218 g/mol. The zero-order valence-electron chi connectivity index (χ0n) is 10.2. The summed E-state index contributed by atoms with van der Waals surface area (Å²) in [6.45, 7) is 5.48. The summed E-state index contributed by atoms with van der Waals surface area (Å²) in [5.41, 5.74) is -0.543. The van der Waals surface area contributed by atoms with Crippen molar-refractivity contribution in [2.75, 3.05) is 45.8 Å². The molecule has 17 heavy (non-hydrogen) atoms. The Morgan fingerprint density at radius 1 is 1.29 bits per heavy atom. The molecule has 0 unspecified atom stereocenters. The van der Waals surface area contributed by atoms with Gasteiger partial charge in [-0.2, -0.15) is 0 Å². The van der Waals surface area contributed by atoms with Gasteiger partial charge in [0.15, 0.2) is 0 Å². The zero-order valence-corrected chi connectivity index (χ0v) is 10.2. The topological polar surface area (TPSA) is 55.8 Å². The highest BCUT2D eigenvalue weighted by molar-refractivity contribution is 5.79. The Labute approximate surface area is 102 Å². The lowest BCUT2D eigenvalue weighted by Crippen LogP contribution is -2.66. The molecule has 1 amide bonds. The lowest BCUT2D eigenvalue weighted by Gasteiger charge is -2.47. The Bertz CT molecular complexity index is 305. The molecule has 2 heterocycles. The molecular formula is C12H21N3O2. The summed E-state index contributed by atoms with van der Waals surface area (Å²) in [6, 6.07) is 0. The van der Waals surface area contributed by atoms with E-state index >= 15 is 0 Å². The molecule has 1 aliphatic carbocycles. The van der Waals surface area contributed by atoms with Crippen molar-refractivity contribution in [2.45, 2.75) is 18.4 Å². The molecule has 0 aromatic rings. The number of nitrogens with one attached hydrogen (secondary N) is 1. The van der Waals surface area contributed by atoms with Gasteiger partial charge < -0.3 is 15.3 Å². The van der Waals surface area contributed by atoms with Crippen LogP contribution in [0.3, 0.4) is 0 Å². The summed E-state index contributed by atoms with van der Waals surface area (Å²) in [4.78, 5) is 16.0. The number of β-amino-alcohol motifs (C(OH)–C–C–N with tert-alkyl or cyclic N) is 1. The van der Waals surface area contributed by atoms with Gasteiger partial charge in [0.25, 0.3) is 0 Å². The van der Waals surface area contributed by atoms with Crippen LogP contribution >= 0.6 is 0 Å². The van der Waals surface area contributed by atoms with Crippen LogP contribution in [-0.2, 0) is 4.79 Å². The summed E-state index contributed by atoms with van der Waals surface area (Å²) in [5, 5.41) is 13.4. The summed E-state index contributed by atoms with van der Waals surface area (Å²) < 4.78 is 0. The minimum atomic E-state index is -0.543. The molecule has 0 aromatic heterocycles. The Hall–Kier alpha value is -0.650. The SMILES string of the molecule is O=C(CN1CCNCC1)N1CC(O)(C2CC2)C1. The van der Waals surface area contributed by atoms with Crippen LogP contribution in [0.15, 0.2) is 0 Å². The highest BCUT2D eigenvalue weighted by atomic mass is 16.3. The number of piperazine rings is 1. The lowest BCUT2D eigenvalue weighted by atomic mass is 9.88. The van der Waals surface area contributed by atoms with Crippen LogP contribution in [0, 0.1) is 5.92 Å². The van der Waals surface area contributed by atoms with Gasteiger partial charge in [0.05, 0.1) is 19.6 Å². The van der Waals surface area contributed by atoms with Gasteiger partial charge in [-0.15, -0.1) is 0 Å². The molecule has 3 fully saturated rings. The number of carbonyl (C=O) groups excluding carboxylic acids is 1. The van der Waals surface area contributed by atoms with Crippen molar-refractivity contribution in [1.82, 2.24) is 15.1 Å². The van der Waals surface area contributed by atoms with Crippen LogP contribution in [0.25, 0.3) is 0 Å². The number of hydrogen-bond donors (Lipinski definition) is 2. The van der Waals surface area contributed by atoms with Crippen molar-refractivity contribution in [3.05, 3.63) is 0 Å². The maximum atomic E-state index is 12.0. The third-order valence-electron chi connectivity index (χ3n) is 4.19. The molecule has 0 bridgehead atoms. The summed E-state index contributed by atoms with van der Waals surface area (Å²) in [6.07, 6.45) is 2.27. The number of nitrogens with zero attached hydrogens (tertiary/aromatic N) is 2. The number of likely N-dealkylation sites (tertiary alicyclic amines) is 1. The van der Waals surface area contributed by atoms with E-state index in [1.165, 1.54) is 0 Å². The number of rotatable bonds is 3. The maximum absolute atomic E-state index is 12.0. The average Bonchev–Trinajstić information content (AvgIpc) is 3.10. The zero-order chi connectivity index (χ0) is 11.9. The normalized spacial score (nSPS) is 28.9. The largest absolute Gasteiger partial charge is 0.386 e.